The van der Waals surface area contributed by atoms with Crippen LogP contribution >= 0.6 is 0 Å². The minimum Gasteiger partial charge on any atom is -0.444 e. The van der Waals surface area contributed by atoms with E-state index in [2.05, 4.69) is 115 Å². The number of ketones is 2. The maximum absolute atomic E-state index is 12.9. The summed E-state index contributed by atoms with van der Waals surface area (Å²) in [5.74, 6) is 5.58. The van der Waals surface area contributed by atoms with Gasteiger partial charge in [-0.2, -0.15) is 0 Å². The summed E-state index contributed by atoms with van der Waals surface area (Å²) in [4.78, 5) is 127. The van der Waals surface area contributed by atoms with Gasteiger partial charge in [-0.3, -0.25) is 28.8 Å². The number of carbonyl (C=O) groups is 6. The molecule has 0 radical (unpaired) electrons. The lowest BCUT2D eigenvalue weighted by molar-refractivity contribution is -0.133. The van der Waals surface area contributed by atoms with Gasteiger partial charge in [-0.15, -0.1) is 6.42 Å². The average Bonchev–Trinajstić information content (AvgIpc) is 1.68. The van der Waals surface area contributed by atoms with Crippen molar-refractivity contribution in [3.63, 3.8) is 0 Å². The molecule has 0 saturated carbocycles. The molecule has 8 atom stereocenters. The SMILES string of the molecule is C#CCC(=O)N1C[C@@H](C)C[C@@H](Nc2c(-c3ncc(CF)o3)cnc3[nH]ccc23)C1.CCC(=O)N1C[C@@H](C)C[C@@H](Nc2c(-c3nc(C(C)=O)co3)cnc3[nH]ccc23)C1.CCC(=O)N1C[C@@H](C)C[C@@H](Nc2c(-c3ncc(C(C)=O)o3)cnc3[nH]ccc23)C1.CCC(=O)N1C[C@@H](C)C[C@@H](Nc2c(-c3ncc(S(C)(=O)=O)o3)cnc3[nH]ccc23)C1. The number of anilines is 4. The fourth-order valence-electron chi connectivity index (χ4n) is 15.8. The number of terminal acetylenes is 1. The number of H-pyrrole nitrogens is 4. The first-order valence-corrected chi connectivity index (χ1v) is 41.2. The second kappa shape index (κ2) is 36.1. The predicted octanol–water partition coefficient (Wildman–Crippen LogP) is 13.0. The third-order valence-corrected chi connectivity index (χ3v) is 22.0. The molecule has 0 aromatic carbocycles. The number of hydrogen-bond acceptors (Lipinski definition) is 24. The number of Topliss-reactive ketones (excluding diaryl/α,β-unsaturated/α-hetero) is 2. The molecular formula is C83H97FN20O12S. The van der Waals surface area contributed by atoms with E-state index in [-0.39, 0.29) is 94.0 Å². The second-order valence-corrected chi connectivity index (χ2v) is 32.7. The molecule has 117 heavy (non-hydrogen) atoms. The topological polar surface area (TPSA) is 416 Å². The number of likely N-dealkylation sites (tertiary alicyclic amines) is 4. The number of piperidine rings is 4. The summed E-state index contributed by atoms with van der Waals surface area (Å²) in [6, 6.07) is 7.96. The highest BCUT2D eigenvalue weighted by molar-refractivity contribution is 7.90. The van der Waals surface area contributed by atoms with Gasteiger partial charge in [0.05, 0.1) is 70.0 Å². The van der Waals surface area contributed by atoms with Gasteiger partial charge >= 0.3 is 0 Å². The van der Waals surface area contributed by atoms with E-state index in [0.717, 1.165) is 113 Å². The molecule has 0 bridgehead atoms. The van der Waals surface area contributed by atoms with Crippen LogP contribution in [0.5, 0.6) is 0 Å². The molecule has 8 N–H and O–H groups in total. The third-order valence-electron chi connectivity index (χ3n) is 21.1. The Bertz CT molecular complexity index is 5580. The van der Waals surface area contributed by atoms with E-state index in [1.54, 1.807) is 37.2 Å². The van der Waals surface area contributed by atoms with Gasteiger partial charge < -0.3 is 78.5 Å². The van der Waals surface area contributed by atoms with Crippen LogP contribution in [0.3, 0.4) is 0 Å². The lowest BCUT2D eigenvalue weighted by Gasteiger charge is -2.37. The van der Waals surface area contributed by atoms with Crippen LogP contribution in [-0.2, 0) is 35.7 Å². The lowest BCUT2D eigenvalue weighted by atomic mass is 9.95. The highest BCUT2D eigenvalue weighted by atomic mass is 32.2. The van der Waals surface area contributed by atoms with E-state index in [1.165, 1.54) is 38.7 Å². The van der Waals surface area contributed by atoms with E-state index in [0.29, 0.717) is 121 Å². The first-order valence-electron chi connectivity index (χ1n) is 39.3. The lowest BCUT2D eigenvalue weighted by Crippen LogP contribution is -2.48. The van der Waals surface area contributed by atoms with Crippen LogP contribution in [-0.4, -0.2) is 206 Å². The monoisotopic (exact) mass is 1620 g/mol. The zero-order valence-electron chi connectivity index (χ0n) is 67.0. The normalized spacial score (nSPS) is 19.5. The summed E-state index contributed by atoms with van der Waals surface area (Å²) >= 11 is 0. The van der Waals surface area contributed by atoms with Crippen LogP contribution < -0.4 is 21.3 Å². The van der Waals surface area contributed by atoms with Crippen molar-refractivity contribution >= 4 is 112 Å². The van der Waals surface area contributed by atoms with E-state index >= 15 is 0 Å². The number of sulfone groups is 1. The van der Waals surface area contributed by atoms with Crippen LogP contribution in [0.25, 0.3) is 90.0 Å². The Kier molecular flexibility index (Phi) is 25.4. The predicted molar refractivity (Wildman–Crippen MR) is 440 cm³/mol. The number of aromatic nitrogens is 12. The molecule has 12 aromatic heterocycles. The zero-order chi connectivity index (χ0) is 82.9. The summed E-state index contributed by atoms with van der Waals surface area (Å²) in [5.41, 5.74) is 9.04. The van der Waals surface area contributed by atoms with Gasteiger partial charge in [-0.05, 0) is 73.6 Å². The highest BCUT2D eigenvalue weighted by Crippen LogP contribution is 2.41. The first kappa shape index (κ1) is 82.4. The molecule has 16 rings (SSSR count). The highest BCUT2D eigenvalue weighted by Gasteiger charge is 2.35. The molecule has 4 aliphatic heterocycles. The summed E-state index contributed by atoms with van der Waals surface area (Å²) in [6.45, 7) is 21.9. The largest absolute Gasteiger partial charge is 0.444 e. The van der Waals surface area contributed by atoms with Gasteiger partial charge in [-0.25, -0.2) is 52.7 Å². The van der Waals surface area contributed by atoms with Crippen molar-refractivity contribution in [2.24, 2.45) is 23.7 Å². The number of fused-ring (bicyclic) bond motifs is 4. The molecule has 4 fully saturated rings. The number of amides is 4. The van der Waals surface area contributed by atoms with Crippen molar-refractivity contribution in [2.75, 3.05) is 79.9 Å². The van der Waals surface area contributed by atoms with Gasteiger partial charge in [0.1, 0.15) is 41.2 Å². The molecule has 12 aromatic rings. The third kappa shape index (κ3) is 19.0. The fourth-order valence-corrected chi connectivity index (χ4v) is 16.3. The number of halogens is 1. The van der Waals surface area contributed by atoms with E-state index < -0.39 is 16.5 Å². The van der Waals surface area contributed by atoms with E-state index in [9.17, 15) is 41.6 Å². The van der Waals surface area contributed by atoms with E-state index in [1.807, 2.05) is 77.0 Å². The molecule has 0 spiro atoms. The van der Waals surface area contributed by atoms with Crippen molar-refractivity contribution in [1.82, 2.24) is 79.4 Å². The number of oxazole rings is 4. The number of aromatic amines is 4. The van der Waals surface area contributed by atoms with Crippen molar-refractivity contribution in [1.29, 1.82) is 0 Å². The maximum atomic E-state index is 12.9. The Morgan fingerprint density at radius 1 is 0.479 bits per heavy atom. The molecule has 16 heterocycles. The molecule has 4 saturated heterocycles. The molecule has 0 unspecified atom stereocenters. The van der Waals surface area contributed by atoms with Crippen LogP contribution in [0.15, 0.2) is 121 Å². The van der Waals surface area contributed by atoms with Gasteiger partial charge in [0, 0.05) is 187 Å². The number of nitrogens with one attached hydrogen (secondary N) is 8. The smallest absolute Gasteiger partial charge is 0.238 e. The number of pyridine rings is 4. The van der Waals surface area contributed by atoms with Crippen molar-refractivity contribution in [3.8, 4) is 58.2 Å². The Labute approximate surface area is 674 Å². The molecule has 614 valence electrons. The summed E-state index contributed by atoms with van der Waals surface area (Å²) in [5, 5.41) is 17.7. The minimum atomic E-state index is -3.51. The Hall–Kier alpha value is -12.5. The molecule has 4 aliphatic rings. The first-order chi connectivity index (χ1) is 56.3. The van der Waals surface area contributed by atoms with Crippen molar-refractivity contribution in [2.45, 2.75) is 150 Å². The minimum absolute atomic E-state index is 0.0235. The Balaban J connectivity index is 0.000000135. The van der Waals surface area contributed by atoms with Crippen molar-refractivity contribution < 1.29 is 59.2 Å². The van der Waals surface area contributed by atoms with E-state index in [4.69, 9.17) is 24.1 Å². The molecule has 4 amide bonds. The zero-order valence-corrected chi connectivity index (χ0v) is 67.8. The maximum Gasteiger partial charge on any atom is 0.238 e. The molecule has 34 heteroatoms. The molecule has 0 aliphatic carbocycles. The number of rotatable bonds is 20. The number of nitrogens with zero attached hydrogens (tertiary/aromatic N) is 12. The Morgan fingerprint density at radius 3 is 1.15 bits per heavy atom. The summed E-state index contributed by atoms with van der Waals surface area (Å²) in [6.07, 6.45) is 31.0. The number of carbonyl (C=O) groups excluding carboxylic acids is 6. The standard InChI is InChI=1S/C21H22FN5O2.2C21H25N5O3.C20H25N5O4S/c1-3-4-18(28)27-11-13(2)7-14(12-27)26-19-16-5-6-23-20(16)24-10-17(19)21-25-9-15(8-22)29-21;1-4-18(28)26-10-12(2)7-14(11-26)25-19-15-5-6-22-20(15)23-8-16(19)21-24-9-17(29-21)13(3)27;1-4-18(28)26-9-12(2)7-14(10-26)24-19-15-5-6-22-20(15)23-8-16(19)21-25-17(11-29-21)13(3)27;1-4-16(26)25-10-12(2)7-13(11-25)24-18-14-5-6-21-19(14)22-8-15(18)20-23-9-17(29-20)30(3,27)28/h1,5-6,9-10,13-14H,4,7-8,11-12H2,2H3,(H2,23,24,26);5-6,8-9,12,14H,4,7,10-11H2,1-3H3,(H2,22,23,25);5-6,8,11-12,14H,4,7,9-10H2,1-3H3,(H2,22,23,24);5-6,8-9,12-13H,4,7,10-11H2,1-3H3,(H2,21,22,24)/t13-,14+;2*12-,14+;12-,13+/m0000/s1. The fraction of sp³-hybridized carbons (Fsp3) is 0.422. The van der Waals surface area contributed by atoms with Gasteiger partial charge in [0.2, 0.25) is 62.1 Å². The average molecular weight is 1620 g/mol. The number of hydrogen-bond donors (Lipinski definition) is 8. The van der Waals surface area contributed by atoms with Crippen LogP contribution in [0.4, 0.5) is 27.1 Å². The van der Waals surface area contributed by atoms with Crippen LogP contribution in [0.1, 0.15) is 140 Å². The van der Waals surface area contributed by atoms with Crippen LogP contribution in [0.2, 0.25) is 0 Å². The second-order valence-electron chi connectivity index (χ2n) is 30.7. The quantitative estimate of drug-likeness (QED) is 0.0259. The molecular weight excluding hydrogens is 1520 g/mol. The summed E-state index contributed by atoms with van der Waals surface area (Å²) < 4.78 is 58.9. The number of alkyl halides is 1. The van der Waals surface area contributed by atoms with Crippen molar-refractivity contribution in [3.05, 3.63) is 116 Å². The Morgan fingerprint density at radius 2 is 0.829 bits per heavy atom. The van der Waals surface area contributed by atoms with Gasteiger partial charge in [0.15, 0.2) is 23.1 Å². The van der Waals surface area contributed by atoms with Gasteiger partial charge in [0.25, 0.3) is 0 Å². The van der Waals surface area contributed by atoms with Gasteiger partial charge in [-0.1, -0.05) is 54.4 Å². The van der Waals surface area contributed by atoms with Crippen LogP contribution in [0, 0.1) is 36.0 Å². The molecule has 32 nitrogen and oxygen atoms in total. The summed E-state index contributed by atoms with van der Waals surface area (Å²) in [7, 11) is -3.51.